The largest absolute Gasteiger partial charge is 0.497 e. The van der Waals surface area contributed by atoms with E-state index in [0.29, 0.717) is 38.3 Å². The third-order valence-corrected chi connectivity index (χ3v) is 8.40. The van der Waals surface area contributed by atoms with Crippen LogP contribution in [0.5, 0.6) is 11.5 Å². The number of anilines is 1. The summed E-state index contributed by atoms with van der Waals surface area (Å²) >= 11 is 3.47. The summed E-state index contributed by atoms with van der Waals surface area (Å²) in [7, 11) is 3.24. The van der Waals surface area contributed by atoms with E-state index >= 15 is 0 Å². The number of rotatable bonds is 8. The van der Waals surface area contributed by atoms with Crippen LogP contribution in [0.15, 0.2) is 77.3 Å². The number of amides is 2. The second kappa shape index (κ2) is 12.9. The number of likely N-dealkylation sites (tertiary alicyclic amines) is 1. The summed E-state index contributed by atoms with van der Waals surface area (Å²) in [6.07, 6.45) is 2.55. The van der Waals surface area contributed by atoms with E-state index in [1.165, 1.54) is 0 Å². The molecule has 0 bridgehead atoms. The Kier molecular flexibility index (Phi) is 9.07. The third kappa shape index (κ3) is 6.34. The summed E-state index contributed by atoms with van der Waals surface area (Å²) in [5.74, 6) is 1.20. The average molecular weight is 608 g/mol. The average Bonchev–Trinajstić information content (AvgIpc) is 3.00. The fourth-order valence-electron chi connectivity index (χ4n) is 5.65. The van der Waals surface area contributed by atoms with E-state index in [1.54, 1.807) is 19.1 Å². The molecule has 3 aromatic rings. The minimum atomic E-state index is -0.417. The van der Waals surface area contributed by atoms with Crippen LogP contribution >= 0.6 is 15.9 Å². The predicted molar refractivity (Wildman–Crippen MR) is 157 cm³/mol. The Bertz CT molecular complexity index is 1290. The number of halogens is 1. The Hall–Kier alpha value is -3.36. The molecule has 2 saturated heterocycles. The summed E-state index contributed by atoms with van der Waals surface area (Å²) in [4.78, 5) is 31.2. The first-order chi connectivity index (χ1) is 19.5. The molecule has 0 aromatic heterocycles. The molecule has 0 aliphatic carbocycles. The molecule has 2 aliphatic heterocycles. The molecule has 40 heavy (non-hydrogen) atoms. The van der Waals surface area contributed by atoms with Gasteiger partial charge in [-0.1, -0.05) is 40.2 Å². The van der Waals surface area contributed by atoms with Crippen molar-refractivity contribution >= 4 is 33.4 Å². The van der Waals surface area contributed by atoms with Crippen molar-refractivity contribution in [2.75, 3.05) is 32.2 Å². The molecule has 8 heteroatoms. The van der Waals surface area contributed by atoms with Gasteiger partial charge in [-0.15, -0.1) is 0 Å². The number of hydrogen-bond acceptors (Lipinski definition) is 5. The number of methoxy groups -OCH3 is 2. The van der Waals surface area contributed by atoms with E-state index in [-0.39, 0.29) is 23.8 Å². The van der Waals surface area contributed by atoms with Gasteiger partial charge in [0.15, 0.2) is 0 Å². The van der Waals surface area contributed by atoms with Gasteiger partial charge in [0.2, 0.25) is 11.8 Å². The SMILES string of the molecule is COc1ccc(C2C(C(=O)N3CCC(OCc4ccc(Br)cc4)CC3)CCC(=O)N2c2ccc(OC)cc2)cc1. The summed E-state index contributed by atoms with van der Waals surface area (Å²) in [6.45, 7) is 1.85. The van der Waals surface area contributed by atoms with E-state index in [1.807, 2.05) is 65.6 Å². The smallest absolute Gasteiger partial charge is 0.228 e. The van der Waals surface area contributed by atoms with E-state index in [4.69, 9.17) is 14.2 Å². The highest BCUT2D eigenvalue weighted by molar-refractivity contribution is 9.10. The van der Waals surface area contributed by atoms with Crippen molar-refractivity contribution in [3.63, 3.8) is 0 Å². The first-order valence-corrected chi connectivity index (χ1v) is 14.5. The van der Waals surface area contributed by atoms with Gasteiger partial charge >= 0.3 is 0 Å². The van der Waals surface area contributed by atoms with Crippen LogP contribution in [0.3, 0.4) is 0 Å². The normalized spacial score (nSPS) is 19.9. The summed E-state index contributed by atoms with van der Waals surface area (Å²) in [5, 5.41) is 0. The summed E-state index contributed by atoms with van der Waals surface area (Å²) in [6, 6.07) is 22.9. The molecule has 2 aliphatic rings. The Morgan fingerprint density at radius 1 is 0.850 bits per heavy atom. The molecular weight excluding hydrogens is 572 g/mol. The zero-order valence-corrected chi connectivity index (χ0v) is 24.5. The number of carbonyl (C=O) groups excluding carboxylic acids is 2. The number of piperidine rings is 2. The second-order valence-electron chi connectivity index (χ2n) is 10.3. The van der Waals surface area contributed by atoms with E-state index in [9.17, 15) is 9.59 Å². The molecule has 2 atom stereocenters. The molecule has 0 spiro atoms. The predicted octanol–water partition coefficient (Wildman–Crippen LogP) is 6.16. The van der Waals surface area contributed by atoms with Crippen LogP contribution in [0.1, 0.15) is 42.9 Å². The highest BCUT2D eigenvalue weighted by Crippen LogP contribution is 2.42. The molecule has 0 N–H and O–H groups in total. The van der Waals surface area contributed by atoms with Gasteiger partial charge in [0.1, 0.15) is 11.5 Å². The van der Waals surface area contributed by atoms with Crippen molar-refractivity contribution < 1.29 is 23.8 Å². The third-order valence-electron chi connectivity index (χ3n) is 7.87. The van der Waals surface area contributed by atoms with E-state index in [0.717, 1.165) is 39.9 Å². The minimum absolute atomic E-state index is 0.00934. The quantitative estimate of drug-likeness (QED) is 0.307. The van der Waals surface area contributed by atoms with Crippen molar-refractivity contribution in [1.29, 1.82) is 0 Å². The highest BCUT2D eigenvalue weighted by Gasteiger charge is 2.43. The van der Waals surface area contributed by atoms with Crippen molar-refractivity contribution in [3.8, 4) is 11.5 Å². The lowest BCUT2D eigenvalue weighted by atomic mass is 9.82. The van der Waals surface area contributed by atoms with Crippen molar-refractivity contribution in [2.24, 2.45) is 5.92 Å². The van der Waals surface area contributed by atoms with Crippen LogP contribution in [0.2, 0.25) is 0 Å². The maximum absolute atomic E-state index is 14.1. The minimum Gasteiger partial charge on any atom is -0.497 e. The highest BCUT2D eigenvalue weighted by atomic mass is 79.9. The number of hydrogen-bond donors (Lipinski definition) is 0. The first kappa shape index (κ1) is 28.2. The summed E-state index contributed by atoms with van der Waals surface area (Å²) in [5.41, 5.74) is 2.80. The lowest BCUT2D eigenvalue weighted by molar-refractivity contribution is -0.141. The van der Waals surface area contributed by atoms with Crippen LogP contribution in [0.4, 0.5) is 5.69 Å². The van der Waals surface area contributed by atoms with Gasteiger partial charge in [-0.2, -0.15) is 0 Å². The molecule has 3 aromatic carbocycles. The van der Waals surface area contributed by atoms with E-state index in [2.05, 4.69) is 28.1 Å². The van der Waals surface area contributed by atoms with Gasteiger partial charge in [0, 0.05) is 29.7 Å². The molecule has 2 heterocycles. The van der Waals surface area contributed by atoms with Gasteiger partial charge in [-0.25, -0.2) is 0 Å². The first-order valence-electron chi connectivity index (χ1n) is 13.7. The summed E-state index contributed by atoms with van der Waals surface area (Å²) < 4.78 is 17.9. The molecule has 210 valence electrons. The molecular formula is C32H35BrN2O5. The van der Waals surface area contributed by atoms with Crippen LogP contribution in [0.25, 0.3) is 0 Å². The number of ether oxygens (including phenoxy) is 3. The van der Waals surface area contributed by atoms with Crippen molar-refractivity contribution in [1.82, 2.24) is 4.90 Å². The van der Waals surface area contributed by atoms with Crippen LogP contribution in [0, 0.1) is 5.92 Å². The van der Waals surface area contributed by atoms with Crippen LogP contribution < -0.4 is 14.4 Å². The topological polar surface area (TPSA) is 68.3 Å². The fourth-order valence-corrected chi connectivity index (χ4v) is 5.92. The molecule has 0 radical (unpaired) electrons. The van der Waals surface area contributed by atoms with Crippen LogP contribution in [-0.2, 0) is 20.9 Å². The number of carbonyl (C=O) groups is 2. The van der Waals surface area contributed by atoms with Crippen LogP contribution in [-0.4, -0.2) is 50.1 Å². The Labute approximate surface area is 244 Å². The molecule has 5 rings (SSSR count). The zero-order valence-electron chi connectivity index (χ0n) is 22.9. The zero-order chi connectivity index (χ0) is 28.1. The second-order valence-corrected chi connectivity index (χ2v) is 11.2. The van der Waals surface area contributed by atoms with Crippen molar-refractivity contribution in [2.45, 2.75) is 44.4 Å². The maximum atomic E-state index is 14.1. The number of nitrogens with zero attached hydrogens (tertiary/aromatic N) is 2. The Balaban J connectivity index is 1.33. The molecule has 2 unspecified atom stereocenters. The molecule has 2 amide bonds. The van der Waals surface area contributed by atoms with Gasteiger partial charge < -0.3 is 24.0 Å². The van der Waals surface area contributed by atoms with E-state index < -0.39 is 6.04 Å². The monoisotopic (exact) mass is 606 g/mol. The fraction of sp³-hybridized carbons (Fsp3) is 0.375. The Morgan fingerprint density at radius 2 is 1.45 bits per heavy atom. The lowest BCUT2D eigenvalue weighted by Crippen LogP contribution is -2.51. The Morgan fingerprint density at radius 3 is 2.05 bits per heavy atom. The standard InChI is InChI=1S/C32H35BrN2O5/c1-38-26-11-5-23(6-12-26)31-29(15-16-30(36)35(31)25-9-13-27(39-2)14-10-25)32(37)34-19-17-28(18-20-34)40-21-22-3-7-24(33)8-4-22/h3-14,28-29,31H,15-21H2,1-2H3. The lowest BCUT2D eigenvalue weighted by Gasteiger charge is -2.43. The molecule has 2 fully saturated rings. The van der Waals surface area contributed by atoms with Crippen molar-refractivity contribution in [3.05, 3.63) is 88.4 Å². The molecule has 0 saturated carbocycles. The van der Waals surface area contributed by atoms with Gasteiger partial charge in [-0.05, 0) is 78.9 Å². The maximum Gasteiger partial charge on any atom is 0.228 e. The van der Waals surface area contributed by atoms with Gasteiger partial charge in [0.25, 0.3) is 0 Å². The number of benzene rings is 3. The van der Waals surface area contributed by atoms with Gasteiger partial charge in [0.05, 0.1) is 38.9 Å². The molecule has 7 nitrogen and oxygen atoms in total. The van der Waals surface area contributed by atoms with Gasteiger partial charge in [-0.3, -0.25) is 9.59 Å².